The van der Waals surface area contributed by atoms with Gasteiger partial charge in [-0.2, -0.15) is 0 Å². The Morgan fingerprint density at radius 3 is 2.39 bits per heavy atom. The second kappa shape index (κ2) is 5.14. The number of aromatic nitrogens is 1. The number of para-hydroxylation sites is 1. The molecule has 0 unspecified atom stereocenters. The van der Waals surface area contributed by atoms with Gasteiger partial charge < -0.3 is 4.42 Å². The van der Waals surface area contributed by atoms with Gasteiger partial charge in [0.15, 0.2) is 5.58 Å². The van der Waals surface area contributed by atoms with Gasteiger partial charge in [0.1, 0.15) is 11.3 Å². The molecule has 0 saturated carbocycles. The summed E-state index contributed by atoms with van der Waals surface area (Å²) in [5, 5.41) is 2.27. The number of pyridine rings is 1. The Labute approximate surface area is 137 Å². The number of furan rings is 1. The predicted molar refractivity (Wildman–Crippen MR) is 101 cm³/mol. The predicted octanol–water partition coefficient (Wildman–Crippen LogP) is 5.70. The Morgan fingerprint density at radius 2 is 1.57 bits per heavy atom. The van der Waals surface area contributed by atoms with Gasteiger partial charge in [0, 0.05) is 22.5 Å². The number of benzene rings is 2. The van der Waals surface area contributed by atoms with Gasteiger partial charge >= 0.3 is 0 Å². The average Bonchev–Trinajstić information content (AvgIpc) is 2.93. The maximum absolute atomic E-state index is 6.15. The topological polar surface area (TPSA) is 26.0 Å². The number of rotatable bonds is 2. The lowest BCUT2D eigenvalue weighted by Gasteiger charge is -2.28. The van der Waals surface area contributed by atoms with E-state index in [1.807, 2.05) is 30.5 Å². The summed E-state index contributed by atoms with van der Waals surface area (Å²) >= 11 is 0. The highest BCUT2D eigenvalue weighted by Gasteiger charge is 2.19. The van der Waals surface area contributed by atoms with Crippen LogP contribution in [0, 0.1) is 0 Å². The van der Waals surface area contributed by atoms with Gasteiger partial charge in [-0.3, -0.25) is 4.98 Å². The van der Waals surface area contributed by atoms with Crippen molar-refractivity contribution in [3.05, 3.63) is 60.8 Å². The van der Waals surface area contributed by atoms with Gasteiger partial charge in [-0.1, -0.05) is 36.4 Å². The summed E-state index contributed by atoms with van der Waals surface area (Å²) < 4.78 is 6.15. The first kappa shape index (κ1) is 14.3. The maximum atomic E-state index is 6.15. The van der Waals surface area contributed by atoms with E-state index in [4.69, 9.17) is 4.42 Å². The molecule has 0 N–H and O–H groups in total. The van der Waals surface area contributed by atoms with Gasteiger partial charge in [-0.15, -0.1) is 0 Å². The van der Waals surface area contributed by atoms with Crippen LogP contribution in [-0.4, -0.2) is 23.8 Å². The monoisotopic (exact) mass is 321 g/mol. The third-order valence-corrected chi connectivity index (χ3v) is 5.77. The Bertz CT molecular complexity index is 1010. The van der Waals surface area contributed by atoms with E-state index in [2.05, 4.69) is 54.1 Å². The molecule has 4 aromatic rings. The second-order valence-corrected chi connectivity index (χ2v) is 10.6. The average molecular weight is 321 g/mol. The molecular weight excluding hydrogens is 302 g/mol. The molecule has 0 aliphatic heterocycles. The summed E-state index contributed by atoms with van der Waals surface area (Å²) in [5.41, 5.74) is 3.92. The summed E-state index contributed by atoms with van der Waals surface area (Å²) in [7, 11) is -0.862. The van der Waals surface area contributed by atoms with Crippen LogP contribution < -0.4 is 0 Å². The first-order valence-electron chi connectivity index (χ1n) is 7.60. The molecule has 23 heavy (non-hydrogen) atoms. The van der Waals surface area contributed by atoms with E-state index in [0.717, 1.165) is 27.6 Å². The molecule has 0 spiro atoms. The van der Waals surface area contributed by atoms with Crippen LogP contribution in [0.5, 0.6) is 0 Å². The van der Waals surface area contributed by atoms with Crippen LogP contribution in [0.15, 0.2) is 70.1 Å². The minimum absolute atomic E-state index is 0.862. The van der Waals surface area contributed by atoms with E-state index >= 15 is 0 Å². The molecular formula is C20H19NOS. The zero-order chi connectivity index (χ0) is 16.0. The van der Waals surface area contributed by atoms with Crippen LogP contribution in [0.4, 0.5) is 0 Å². The molecule has 4 rings (SSSR count). The molecule has 0 fully saturated rings. The SMILES string of the molecule is CS(C)(C)c1ccccc1-c1nccc2c1oc1ccccc12. The largest absolute Gasteiger partial charge is 0.454 e. The van der Waals surface area contributed by atoms with Crippen LogP contribution in [0.2, 0.25) is 0 Å². The van der Waals surface area contributed by atoms with Gasteiger partial charge in [0.05, 0.1) is 0 Å². The van der Waals surface area contributed by atoms with Crippen molar-refractivity contribution in [3.8, 4) is 11.3 Å². The zero-order valence-corrected chi connectivity index (χ0v) is 14.4. The van der Waals surface area contributed by atoms with Crippen molar-refractivity contribution in [2.75, 3.05) is 18.8 Å². The third kappa shape index (κ3) is 2.32. The first-order valence-corrected chi connectivity index (χ1v) is 10.5. The van der Waals surface area contributed by atoms with Crippen LogP contribution in [0.25, 0.3) is 33.2 Å². The molecule has 0 atom stereocenters. The number of hydrogen-bond donors (Lipinski definition) is 0. The highest BCUT2D eigenvalue weighted by molar-refractivity contribution is 8.32. The van der Waals surface area contributed by atoms with Crippen LogP contribution >= 0.6 is 10.0 Å². The highest BCUT2D eigenvalue weighted by Crippen LogP contribution is 2.50. The van der Waals surface area contributed by atoms with Crippen LogP contribution in [0.3, 0.4) is 0 Å². The summed E-state index contributed by atoms with van der Waals surface area (Å²) in [6, 6.07) is 18.8. The van der Waals surface area contributed by atoms with Crippen molar-refractivity contribution >= 4 is 32.0 Å². The van der Waals surface area contributed by atoms with Gasteiger partial charge in [0.25, 0.3) is 0 Å². The van der Waals surface area contributed by atoms with Crippen LogP contribution in [-0.2, 0) is 0 Å². The molecule has 0 aliphatic rings. The maximum Gasteiger partial charge on any atom is 0.161 e. The van der Waals surface area contributed by atoms with E-state index in [0.29, 0.717) is 0 Å². The Balaban J connectivity index is 2.08. The normalized spacial score (nSPS) is 12.8. The third-order valence-electron chi connectivity index (χ3n) is 4.10. The Kier molecular flexibility index (Phi) is 3.20. The van der Waals surface area contributed by atoms with E-state index in [9.17, 15) is 0 Å². The first-order chi connectivity index (χ1) is 11.1. The lowest BCUT2D eigenvalue weighted by atomic mass is 10.1. The van der Waals surface area contributed by atoms with Gasteiger partial charge in [-0.25, -0.2) is 10.0 Å². The lowest BCUT2D eigenvalue weighted by Crippen LogP contribution is -1.97. The summed E-state index contributed by atoms with van der Waals surface area (Å²) in [6.07, 6.45) is 8.81. The molecule has 0 radical (unpaired) electrons. The minimum Gasteiger partial charge on any atom is -0.454 e. The molecule has 2 aromatic heterocycles. The van der Waals surface area contributed by atoms with Crippen molar-refractivity contribution in [2.45, 2.75) is 4.90 Å². The zero-order valence-electron chi connectivity index (χ0n) is 13.5. The molecule has 0 aliphatic carbocycles. The quantitative estimate of drug-likeness (QED) is 0.473. The van der Waals surface area contributed by atoms with Gasteiger partial charge in [0.2, 0.25) is 0 Å². The fraction of sp³-hybridized carbons (Fsp3) is 0.150. The molecule has 0 bridgehead atoms. The lowest BCUT2D eigenvalue weighted by molar-refractivity contribution is 0.668. The number of fused-ring (bicyclic) bond motifs is 3. The fourth-order valence-electron chi connectivity index (χ4n) is 3.04. The summed E-state index contributed by atoms with van der Waals surface area (Å²) in [6.45, 7) is 0. The van der Waals surface area contributed by atoms with Gasteiger partial charge in [-0.05, 0) is 41.9 Å². The smallest absolute Gasteiger partial charge is 0.161 e. The highest BCUT2D eigenvalue weighted by atomic mass is 32.3. The van der Waals surface area contributed by atoms with E-state index in [1.54, 1.807) is 0 Å². The van der Waals surface area contributed by atoms with E-state index < -0.39 is 10.0 Å². The summed E-state index contributed by atoms with van der Waals surface area (Å²) in [4.78, 5) is 6.03. The van der Waals surface area contributed by atoms with Crippen molar-refractivity contribution < 1.29 is 4.42 Å². The second-order valence-electron chi connectivity index (χ2n) is 6.47. The van der Waals surface area contributed by atoms with E-state index in [-0.39, 0.29) is 0 Å². The van der Waals surface area contributed by atoms with Crippen molar-refractivity contribution in [3.63, 3.8) is 0 Å². The van der Waals surface area contributed by atoms with Crippen molar-refractivity contribution in [2.24, 2.45) is 0 Å². The summed E-state index contributed by atoms with van der Waals surface area (Å²) in [5.74, 6) is 0. The standard InChI is InChI=1S/C20H19NOS/c1-23(2,3)18-11-7-5-9-16(18)19-20-15(12-13-21-19)14-8-4-6-10-17(14)22-20/h4-13H,1-3H3. The van der Waals surface area contributed by atoms with Crippen molar-refractivity contribution in [1.29, 1.82) is 0 Å². The van der Waals surface area contributed by atoms with Crippen LogP contribution in [0.1, 0.15) is 0 Å². The molecule has 3 heteroatoms. The minimum atomic E-state index is -0.862. The molecule has 2 heterocycles. The molecule has 0 amide bonds. The number of hydrogen-bond acceptors (Lipinski definition) is 2. The Hall–Kier alpha value is -2.26. The number of nitrogens with zero attached hydrogens (tertiary/aromatic N) is 1. The molecule has 2 aromatic carbocycles. The van der Waals surface area contributed by atoms with Crippen molar-refractivity contribution in [1.82, 2.24) is 4.98 Å². The molecule has 0 saturated heterocycles. The molecule has 116 valence electrons. The van der Waals surface area contributed by atoms with E-state index in [1.165, 1.54) is 10.5 Å². The Morgan fingerprint density at radius 1 is 0.826 bits per heavy atom. The fourth-order valence-corrected chi connectivity index (χ4v) is 4.35. The molecule has 2 nitrogen and oxygen atoms in total.